The number of hydrogen-bond donors (Lipinski definition) is 3. The first-order valence-electron chi connectivity index (χ1n) is 7.22. The van der Waals surface area contributed by atoms with E-state index < -0.39 is 11.5 Å². The van der Waals surface area contributed by atoms with E-state index >= 15 is 0 Å². The minimum Gasteiger partial charge on any atom is -0.396 e. The van der Waals surface area contributed by atoms with Crippen LogP contribution >= 0.6 is 0 Å². The molecule has 0 bridgehead atoms. The standard InChI is InChI=1S/C16H17N3O3/c20-10-8-16(6-7-16)19-15(22)11-4-5-13(18-14(11)21)12-3-1-2-9-17-12/h1-5,9,20H,6-8,10H2,(H,18,21)(H,19,22). The summed E-state index contributed by atoms with van der Waals surface area (Å²) in [4.78, 5) is 31.2. The number of amides is 1. The zero-order chi connectivity index (χ0) is 15.6. The number of aromatic nitrogens is 2. The first kappa shape index (κ1) is 14.5. The number of carbonyl (C=O) groups is 1. The summed E-state index contributed by atoms with van der Waals surface area (Å²) in [6.07, 6.45) is 3.83. The summed E-state index contributed by atoms with van der Waals surface area (Å²) in [6, 6.07) is 8.58. The van der Waals surface area contributed by atoms with Crippen LogP contribution in [0.5, 0.6) is 0 Å². The summed E-state index contributed by atoms with van der Waals surface area (Å²) in [5.41, 5.74) is 0.506. The van der Waals surface area contributed by atoms with Gasteiger partial charge in [-0.1, -0.05) is 6.07 Å². The SMILES string of the molecule is O=C(NC1(CCO)CC1)c1ccc(-c2ccccn2)[nH]c1=O. The lowest BCUT2D eigenvalue weighted by molar-refractivity contribution is 0.0922. The number of pyridine rings is 2. The summed E-state index contributed by atoms with van der Waals surface area (Å²) in [6.45, 7) is 0.0231. The van der Waals surface area contributed by atoms with Gasteiger partial charge in [0.1, 0.15) is 5.56 Å². The van der Waals surface area contributed by atoms with Gasteiger partial charge < -0.3 is 15.4 Å². The molecule has 0 spiro atoms. The van der Waals surface area contributed by atoms with Crippen LogP contribution < -0.4 is 10.9 Å². The van der Waals surface area contributed by atoms with E-state index in [0.29, 0.717) is 17.8 Å². The Morgan fingerprint density at radius 3 is 2.73 bits per heavy atom. The van der Waals surface area contributed by atoms with E-state index in [0.717, 1.165) is 12.8 Å². The second-order valence-electron chi connectivity index (χ2n) is 5.54. The van der Waals surface area contributed by atoms with Gasteiger partial charge in [0, 0.05) is 18.3 Å². The first-order valence-corrected chi connectivity index (χ1v) is 7.22. The molecule has 114 valence electrons. The third-order valence-electron chi connectivity index (χ3n) is 3.92. The van der Waals surface area contributed by atoms with Crippen LogP contribution in [-0.4, -0.2) is 33.1 Å². The van der Waals surface area contributed by atoms with Crippen molar-refractivity contribution in [2.24, 2.45) is 0 Å². The monoisotopic (exact) mass is 299 g/mol. The molecule has 0 unspecified atom stereocenters. The topological polar surface area (TPSA) is 95.1 Å². The number of H-pyrrole nitrogens is 1. The fraction of sp³-hybridized carbons (Fsp3) is 0.312. The zero-order valence-electron chi connectivity index (χ0n) is 12.0. The van der Waals surface area contributed by atoms with E-state index in [4.69, 9.17) is 5.11 Å². The number of aliphatic hydroxyl groups excluding tert-OH is 1. The highest BCUT2D eigenvalue weighted by atomic mass is 16.3. The molecule has 1 aliphatic carbocycles. The van der Waals surface area contributed by atoms with Crippen molar-refractivity contribution in [3.05, 3.63) is 52.4 Å². The van der Waals surface area contributed by atoms with E-state index in [1.165, 1.54) is 6.07 Å². The summed E-state index contributed by atoms with van der Waals surface area (Å²) < 4.78 is 0. The maximum atomic E-state index is 12.2. The van der Waals surface area contributed by atoms with Crippen LogP contribution in [0.4, 0.5) is 0 Å². The molecule has 2 heterocycles. The Kier molecular flexibility index (Phi) is 3.77. The van der Waals surface area contributed by atoms with Crippen molar-refractivity contribution in [1.29, 1.82) is 0 Å². The molecule has 0 atom stereocenters. The Labute approximate surface area is 127 Å². The number of rotatable bonds is 5. The highest BCUT2D eigenvalue weighted by Crippen LogP contribution is 2.38. The third kappa shape index (κ3) is 2.92. The van der Waals surface area contributed by atoms with Crippen LogP contribution in [0.25, 0.3) is 11.4 Å². The van der Waals surface area contributed by atoms with Crippen LogP contribution in [0.1, 0.15) is 29.6 Å². The molecule has 3 rings (SSSR count). The fourth-order valence-corrected chi connectivity index (χ4v) is 2.43. The Morgan fingerprint density at radius 1 is 1.32 bits per heavy atom. The molecule has 0 aromatic carbocycles. The van der Waals surface area contributed by atoms with Crippen molar-refractivity contribution >= 4 is 5.91 Å². The number of aromatic amines is 1. The Morgan fingerprint density at radius 2 is 2.14 bits per heavy atom. The van der Waals surface area contributed by atoms with Crippen LogP contribution in [0.15, 0.2) is 41.3 Å². The zero-order valence-corrected chi connectivity index (χ0v) is 12.0. The van der Waals surface area contributed by atoms with Crippen LogP contribution in [-0.2, 0) is 0 Å². The van der Waals surface area contributed by atoms with Gasteiger partial charge in [-0.2, -0.15) is 0 Å². The summed E-state index contributed by atoms with van der Waals surface area (Å²) in [5, 5.41) is 11.9. The van der Waals surface area contributed by atoms with Crippen molar-refractivity contribution in [2.45, 2.75) is 24.8 Å². The average Bonchev–Trinajstić information content (AvgIpc) is 3.27. The predicted octanol–water partition coefficient (Wildman–Crippen LogP) is 1.08. The maximum Gasteiger partial charge on any atom is 0.261 e. The summed E-state index contributed by atoms with van der Waals surface area (Å²) in [7, 11) is 0. The number of nitrogens with zero attached hydrogens (tertiary/aromatic N) is 1. The van der Waals surface area contributed by atoms with Crippen molar-refractivity contribution in [2.75, 3.05) is 6.61 Å². The largest absolute Gasteiger partial charge is 0.396 e. The van der Waals surface area contributed by atoms with Gasteiger partial charge in [-0.15, -0.1) is 0 Å². The van der Waals surface area contributed by atoms with Gasteiger partial charge in [0.05, 0.1) is 11.4 Å². The first-order chi connectivity index (χ1) is 10.6. The Hall–Kier alpha value is -2.47. The molecule has 2 aromatic heterocycles. The van der Waals surface area contributed by atoms with Crippen LogP contribution in [0, 0.1) is 0 Å². The molecule has 1 aliphatic rings. The smallest absolute Gasteiger partial charge is 0.261 e. The van der Waals surface area contributed by atoms with Crippen LogP contribution in [0.3, 0.4) is 0 Å². The lowest BCUT2D eigenvalue weighted by Crippen LogP contribution is -2.39. The molecule has 0 radical (unpaired) electrons. The lowest BCUT2D eigenvalue weighted by atomic mass is 10.1. The molecule has 1 saturated carbocycles. The van der Waals surface area contributed by atoms with Crippen molar-refractivity contribution in [3.63, 3.8) is 0 Å². The lowest BCUT2D eigenvalue weighted by Gasteiger charge is -2.15. The molecular weight excluding hydrogens is 282 g/mol. The van der Waals surface area contributed by atoms with E-state index in [2.05, 4.69) is 15.3 Å². The highest BCUT2D eigenvalue weighted by molar-refractivity contribution is 5.94. The molecular formula is C16H17N3O3. The normalized spacial score (nSPS) is 15.3. The molecule has 22 heavy (non-hydrogen) atoms. The molecule has 6 nitrogen and oxygen atoms in total. The molecule has 3 N–H and O–H groups in total. The number of hydrogen-bond acceptors (Lipinski definition) is 4. The predicted molar refractivity (Wildman–Crippen MR) is 81.4 cm³/mol. The molecule has 0 saturated heterocycles. The minimum absolute atomic E-state index is 0.0231. The van der Waals surface area contributed by atoms with Crippen molar-refractivity contribution < 1.29 is 9.90 Å². The summed E-state index contributed by atoms with van der Waals surface area (Å²) in [5.74, 6) is -0.403. The maximum absolute atomic E-state index is 12.2. The Bertz CT molecular complexity index is 736. The van der Waals surface area contributed by atoms with Gasteiger partial charge in [-0.3, -0.25) is 14.6 Å². The van der Waals surface area contributed by atoms with E-state index in [1.807, 2.05) is 6.07 Å². The summed E-state index contributed by atoms with van der Waals surface area (Å²) >= 11 is 0. The van der Waals surface area contributed by atoms with Crippen molar-refractivity contribution in [1.82, 2.24) is 15.3 Å². The van der Waals surface area contributed by atoms with Crippen LogP contribution in [0.2, 0.25) is 0 Å². The minimum atomic E-state index is -0.444. The van der Waals surface area contributed by atoms with Gasteiger partial charge >= 0.3 is 0 Å². The molecule has 2 aromatic rings. The van der Waals surface area contributed by atoms with E-state index in [9.17, 15) is 9.59 Å². The Balaban J connectivity index is 1.81. The van der Waals surface area contributed by atoms with Gasteiger partial charge in [-0.05, 0) is 43.5 Å². The van der Waals surface area contributed by atoms with Gasteiger partial charge in [0.25, 0.3) is 11.5 Å². The highest BCUT2D eigenvalue weighted by Gasteiger charge is 2.43. The molecule has 6 heteroatoms. The average molecular weight is 299 g/mol. The molecule has 1 amide bonds. The number of aliphatic hydroxyl groups is 1. The van der Waals surface area contributed by atoms with Gasteiger partial charge in [0.2, 0.25) is 0 Å². The quantitative estimate of drug-likeness (QED) is 0.770. The number of nitrogens with one attached hydrogen (secondary N) is 2. The third-order valence-corrected chi connectivity index (χ3v) is 3.92. The second-order valence-corrected chi connectivity index (χ2v) is 5.54. The second kappa shape index (κ2) is 5.73. The number of carbonyl (C=O) groups excluding carboxylic acids is 1. The van der Waals surface area contributed by atoms with Gasteiger partial charge in [-0.25, -0.2) is 0 Å². The fourth-order valence-electron chi connectivity index (χ4n) is 2.43. The van der Waals surface area contributed by atoms with E-state index in [1.54, 1.807) is 24.4 Å². The molecule has 0 aliphatic heterocycles. The van der Waals surface area contributed by atoms with E-state index in [-0.39, 0.29) is 17.7 Å². The van der Waals surface area contributed by atoms with Gasteiger partial charge in [0.15, 0.2) is 0 Å². The van der Waals surface area contributed by atoms with Crippen molar-refractivity contribution in [3.8, 4) is 11.4 Å². The molecule has 1 fully saturated rings.